The number of hydrogen-bond donors (Lipinski definition) is 0. The van der Waals surface area contributed by atoms with Gasteiger partial charge in [0.15, 0.2) is 0 Å². The number of rotatable bonds is 8. The fourth-order valence-electron chi connectivity index (χ4n) is 3.12. The van der Waals surface area contributed by atoms with Gasteiger partial charge in [0.2, 0.25) is 5.91 Å². The molecule has 1 aromatic rings. The zero-order valence-corrected chi connectivity index (χ0v) is 14.9. The number of sulfonamides is 1. The maximum atomic E-state index is 12.8. The van der Waals surface area contributed by atoms with Gasteiger partial charge in [0.1, 0.15) is 0 Å². The molecule has 0 unspecified atom stereocenters. The Labute approximate surface area is 139 Å². The lowest BCUT2D eigenvalue weighted by Crippen LogP contribution is -2.38. The largest absolute Gasteiger partial charge is 0.274 e. The quantitative estimate of drug-likeness (QED) is 0.673. The number of unbranched alkanes of at least 4 members (excludes halogenated alkanes) is 4. The van der Waals surface area contributed by atoms with Crippen LogP contribution in [0.15, 0.2) is 29.2 Å². The first kappa shape index (κ1) is 18.0. The van der Waals surface area contributed by atoms with Gasteiger partial charge >= 0.3 is 0 Å². The van der Waals surface area contributed by atoms with Crippen LogP contribution in [-0.2, 0) is 14.8 Å². The van der Waals surface area contributed by atoms with Crippen LogP contribution >= 0.6 is 0 Å². The van der Waals surface area contributed by atoms with Crippen LogP contribution in [0.1, 0.15) is 63.9 Å². The van der Waals surface area contributed by atoms with E-state index >= 15 is 0 Å². The lowest BCUT2D eigenvalue weighted by atomic mass is 10.1. The summed E-state index contributed by atoms with van der Waals surface area (Å²) in [5.41, 5.74) is 1.00. The minimum atomic E-state index is -3.72. The molecule has 0 N–H and O–H groups in total. The molecule has 0 spiro atoms. The minimum Gasteiger partial charge on any atom is -0.274 e. The average molecular weight is 337 g/mol. The fraction of sp³-hybridized carbons (Fsp3) is 0.611. The second kappa shape index (κ2) is 7.95. The summed E-state index contributed by atoms with van der Waals surface area (Å²) in [6.07, 6.45) is 7.45. The highest BCUT2D eigenvalue weighted by Gasteiger charge is 2.39. The van der Waals surface area contributed by atoms with E-state index in [0.717, 1.165) is 29.1 Å². The van der Waals surface area contributed by atoms with E-state index in [1.54, 1.807) is 24.3 Å². The first-order valence-electron chi connectivity index (χ1n) is 8.60. The third kappa shape index (κ3) is 4.34. The Hall–Kier alpha value is -1.36. The summed E-state index contributed by atoms with van der Waals surface area (Å²) in [4.78, 5) is 12.4. The first-order chi connectivity index (χ1) is 11.0. The molecule has 0 radical (unpaired) electrons. The van der Waals surface area contributed by atoms with Crippen molar-refractivity contribution in [3.05, 3.63) is 29.8 Å². The monoisotopic (exact) mass is 337 g/mol. The molecule has 1 aliphatic heterocycles. The van der Waals surface area contributed by atoms with Gasteiger partial charge in [-0.05, 0) is 31.9 Å². The summed E-state index contributed by atoms with van der Waals surface area (Å²) in [7, 11) is -3.72. The number of carbonyl (C=O) groups excluding carboxylic acids is 1. The van der Waals surface area contributed by atoms with Gasteiger partial charge in [0, 0.05) is 12.5 Å². The Balaban J connectivity index is 2.07. The maximum absolute atomic E-state index is 12.8. The van der Waals surface area contributed by atoms with Crippen LogP contribution in [-0.4, -0.2) is 24.7 Å². The molecule has 4 nitrogen and oxygen atoms in total. The highest BCUT2D eigenvalue weighted by Crippen LogP contribution is 2.30. The van der Waals surface area contributed by atoms with E-state index in [-0.39, 0.29) is 16.8 Å². The van der Waals surface area contributed by atoms with E-state index in [4.69, 9.17) is 0 Å². The Morgan fingerprint density at radius 2 is 1.74 bits per heavy atom. The van der Waals surface area contributed by atoms with E-state index < -0.39 is 10.0 Å². The van der Waals surface area contributed by atoms with E-state index in [0.29, 0.717) is 12.8 Å². The van der Waals surface area contributed by atoms with Gasteiger partial charge in [0.25, 0.3) is 10.0 Å². The van der Waals surface area contributed by atoms with Gasteiger partial charge in [-0.1, -0.05) is 56.7 Å². The summed E-state index contributed by atoms with van der Waals surface area (Å²) in [6.45, 7) is 4.09. The lowest BCUT2D eigenvalue weighted by Gasteiger charge is -2.24. The number of aryl methyl sites for hydroxylation is 1. The molecule has 5 heteroatoms. The molecule has 1 saturated heterocycles. The summed E-state index contributed by atoms with van der Waals surface area (Å²) >= 11 is 0. The molecule has 0 aliphatic carbocycles. The Bertz CT molecular complexity index is 622. The van der Waals surface area contributed by atoms with E-state index in [2.05, 4.69) is 6.92 Å². The van der Waals surface area contributed by atoms with Crippen LogP contribution < -0.4 is 0 Å². The van der Waals surface area contributed by atoms with Crippen molar-refractivity contribution in [3.63, 3.8) is 0 Å². The molecular weight excluding hydrogens is 310 g/mol. The van der Waals surface area contributed by atoms with Gasteiger partial charge in [-0.2, -0.15) is 0 Å². The van der Waals surface area contributed by atoms with E-state index in [9.17, 15) is 13.2 Å². The van der Waals surface area contributed by atoms with Crippen LogP contribution in [0.4, 0.5) is 0 Å². The Morgan fingerprint density at radius 1 is 1.09 bits per heavy atom. The number of carbonyl (C=O) groups is 1. The minimum absolute atomic E-state index is 0.171. The molecule has 0 bridgehead atoms. The van der Waals surface area contributed by atoms with Crippen LogP contribution in [0.2, 0.25) is 0 Å². The molecule has 1 atom stereocenters. The van der Waals surface area contributed by atoms with Crippen molar-refractivity contribution in [3.8, 4) is 0 Å². The fourth-order valence-corrected chi connectivity index (χ4v) is 4.79. The van der Waals surface area contributed by atoms with Crippen molar-refractivity contribution in [1.29, 1.82) is 0 Å². The van der Waals surface area contributed by atoms with E-state index in [1.807, 2.05) is 6.92 Å². The van der Waals surface area contributed by atoms with Crippen molar-refractivity contribution < 1.29 is 13.2 Å². The van der Waals surface area contributed by atoms with Crippen LogP contribution in [0.5, 0.6) is 0 Å². The van der Waals surface area contributed by atoms with Crippen LogP contribution in [0.25, 0.3) is 0 Å². The molecule has 1 fully saturated rings. The van der Waals surface area contributed by atoms with Crippen molar-refractivity contribution in [2.45, 2.75) is 76.2 Å². The molecular formula is C18H27NO3S. The Kier molecular flexibility index (Phi) is 6.22. The van der Waals surface area contributed by atoms with Crippen molar-refractivity contribution >= 4 is 15.9 Å². The average Bonchev–Trinajstić information content (AvgIpc) is 2.89. The normalized spacial score (nSPS) is 18.6. The van der Waals surface area contributed by atoms with Gasteiger partial charge in [-0.3, -0.25) is 4.79 Å². The predicted molar refractivity (Wildman–Crippen MR) is 91.6 cm³/mol. The SMILES string of the molecule is CCCCCCC[C@@H]1CCC(=O)N1S(=O)(=O)c1ccc(C)cc1. The standard InChI is InChI=1S/C18H27NO3S/c1-3-4-5-6-7-8-16-11-14-18(20)19(16)23(21,22)17-12-9-15(2)10-13-17/h9-10,12-13,16H,3-8,11,14H2,1-2H3/t16-/m1/s1. The predicted octanol–water partition coefficient (Wildman–Crippen LogP) is 4.04. The van der Waals surface area contributed by atoms with Gasteiger partial charge in [-0.15, -0.1) is 0 Å². The van der Waals surface area contributed by atoms with E-state index in [1.165, 1.54) is 19.3 Å². The lowest BCUT2D eigenvalue weighted by molar-refractivity contribution is -0.124. The van der Waals surface area contributed by atoms with Crippen molar-refractivity contribution in [1.82, 2.24) is 4.31 Å². The van der Waals surface area contributed by atoms with Gasteiger partial charge in [0.05, 0.1) is 4.90 Å². The van der Waals surface area contributed by atoms with Crippen LogP contribution in [0, 0.1) is 6.92 Å². The number of amides is 1. The molecule has 1 aliphatic rings. The zero-order valence-electron chi connectivity index (χ0n) is 14.1. The van der Waals surface area contributed by atoms with Crippen LogP contribution in [0.3, 0.4) is 0 Å². The molecule has 1 amide bonds. The molecule has 23 heavy (non-hydrogen) atoms. The number of nitrogens with zero attached hydrogens (tertiary/aromatic N) is 1. The van der Waals surface area contributed by atoms with Crippen molar-refractivity contribution in [2.24, 2.45) is 0 Å². The third-order valence-electron chi connectivity index (χ3n) is 4.49. The topological polar surface area (TPSA) is 54.5 Å². The molecule has 0 saturated carbocycles. The smallest absolute Gasteiger partial charge is 0.266 e. The number of hydrogen-bond acceptors (Lipinski definition) is 3. The van der Waals surface area contributed by atoms with Crippen molar-refractivity contribution in [2.75, 3.05) is 0 Å². The van der Waals surface area contributed by atoms with Gasteiger partial charge in [-0.25, -0.2) is 12.7 Å². The van der Waals surface area contributed by atoms with Gasteiger partial charge < -0.3 is 0 Å². The first-order valence-corrected chi connectivity index (χ1v) is 10.0. The summed E-state index contributed by atoms with van der Waals surface area (Å²) in [5, 5.41) is 0. The highest BCUT2D eigenvalue weighted by molar-refractivity contribution is 7.89. The molecule has 1 aromatic carbocycles. The molecule has 0 aromatic heterocycles. The summed E-state index contributed by atoms with van der Waals surface area (Å²) in [5.74, 6) is -0.260. The molecule has 1 heterocycles. The second-order valence-corrected chi connectivity index (χ2v) is 8.22. The highest BCUT2D eigenvalue weighted by atomic mass is 32.2. The summed E-state index contributed by atoms with van der Waals surface area (Å²) < 4.78 is 26.8. The summed E-state index contributed by atoms with van der Waals surface area (Å²) in [6, 6.07) is 6.55. The molecule has 128 valence electrons. The zero-order chi connectivity index (χ0) is 16.9. The second-order valence-electron chi connectivity index (χ2n) is 6.40. The molecule has 2 rings (SSSR count). The number of benzene rings is 1. The third-order valence-corrected chi connectivity index (χ3v) is 6.38. The Morgan fingerprint density at radius 3 is 2.39 bits per heavy atom. The maximum Gasteiger partial charge on any atom is 0.266 e.